The average Bonchev–Trinajstić information content (AvgIpc) is 2.14. The lowest BCUT2D eigenvalue weighted by Gasteiger charge is -1.98. The number of aryl methyl sites for hydroxylation is 1. The molecule has 1 aromatic rings. The first-order chi connectivity index (χ1) is 6.15. The van der Waals surface area contributed by atoms with E-state index in [9.17, 15) is 4.39 Å². The van der Waals surface area contributed by atoms with E-state index in [1.807, 2.05) is 13.8 Å². The van der Waals surface area contributed by atoms with Gasteiger partial charge in [-0.05, 0) is 24.6 Å². The van der Waals surface area contributed by atoms with Crippen LogP contribution in [0.3, 0.4) is 0 Å². The highest BCUT2D eigenvalue weighted by atomic mass is 79.9. The Morgan fingerprint density at radius 1 is 1.38 bits per heavy atom. The first-order valence-electron chi connectivity index (χ1n) is 4.01. The first kappa shape index (κ1) is 12.1. The van der Waals surface area contributed by atoms with Crippen LogP contribution >= 0.6 is 15.9 Å². The summed E-state index contributed by atoms with van der Waals surface area (Å²) in [6.07, 6.45) is 0. The van der Waals surface area contributed by atoms with Crippen LogP contribution in [0.4, 0.5) is 4.39 Å². The summed E-state index contributed by atoms with van der Waals surface area (Å²) in [5.74, 6) is -0.435. The predicted molar refractivity (Wildman–Crippen MR) is 54.9 cm³/mol. The summed E-state index contributed by atoms with van der Waals surface area (Å²) in [7, 11) is 0. The van der Waals surface area contributed by atoms with Crippen molar-refractivity contribution in [2.24, 2.45) is 0 Å². The van der Waals surface area contributed by atoms with E-state index in [0.29, 0.717) is 5.56 Å². The van der Waals surface area contributed by atoms with Crippen molar-refractivity contribution < 1.29 is 4.39 Å². The Kier molecular flexibility index (Phi) is 5.33. The van der Waals surface area contributed by atoms with E-state index in [-0.39, 0.29) is 5.56 Å². The monoisotopic (exact) mass is 243 g/mol. The number of rotatable bonds is 0. The molecule has 0 N–H and O–H groups in total. The van der Waals surface area contributed by atoms with Gasteiger partial charge in [-0.2, -0.15) is 5.26 Å². The van der Waals surface area contributed by atoms with Crippen molar-refractivity contribution in [2.75, 3.05) is 0 Å². The fourth-order valence-electron chi connectivity index (χ4n) is 0.807. The molecule has 0 atom stereocenters. The van der Waals surface area contributed by atoms with Gasteiger partial charge >= 0.3 is 0 Å². The zero-order chi connectivity index (χ0) is 10.4. The molecule has 0 saturated heterocycles. The van der Waals surface area contributed by atoms with Gasteiger partial charge in [-0.3, -0.25) is 0 Å². The van der Waals surface area contributed by atoms with Crippen LogP contribution in [0.25, 0.3) is 0 Å². The highest BCUT2D eigenvalue weighted by Gasteiger charge is 2.04. The van der Waals surface area contributed by atoms with E-state index in [0.717, 1.165) is 4.47 Å². The molecule has 0 saturated carbocycles. The largest absolute Gasteiger partial charge is 0.205 e. The standard InChI is InChI=1S/C8H5BrFN.C2H6/c1-5-2-7(9)3-6(4-11)8(5)10;1-2/h2-3H,1H3;1-2H3. The van der Waals surface area contributed by atoms with Crippen molar-refractivity contribution >= 4 is 15.9 Å². The van der Waals surface area contributed by atoms with Crippen LogP contribution in [0, 0.1) is 24.1 Å². The van der Waals surface area contributed by atoms with Gasteiger partial charge < -0.3 is 0 Å². The zero-order valence-corrected chi connectivity index (χ0v) is 9.44. The van der Waals surface area contributed by atoms with Gasteiger partial charge in [0.1, 0.15) is 11.9 Å². The molecule has 0 heterocycles. The second-order valence-electron chi connectivity index (χ2n) is 2.20. The third kappa shape index (κ3) is 3.16. The van der Waals surface area contributed by atoms with Crippen LogP contribution in [0.5, 0.6) is 0 Å². The highest BCUT2D eigenvalue weighted by molar-refractivity contribution is 9.10. The summed E-state index contributed by atoms with van der Waals surface area (Å²) < 4.78 is 13.7. The second kappa shape index (κ2) is 5.71. The third-order valence-corrected chi connectivity index (χ3v) is 1.80. The molecule has 1 rings (SSSR count). The van der Waals surface area contributed by atoms with Gasteiger partial charge in [0, 0.05) is 4.47 Å². The van der Waals surface area contributed by atoms with Gasteiger partial charge in [0.05, 0.1) is 5.56 Å². The summed E-state index contributed by atoms with van der Waals surface area (Å²) in [4.78, 5) is 0. The molecule has 0 spiro atoms. The molecular formula is C10H11BrFN. The highest BCUT2D eigenvalue weighted by Crippen LogP contribution is 2.18. The van der Waals surface area contributed by atoms with Crippen LogP contribution in [0.2, 0.25) is 0 Å². The molecule has 0 fully saturated rings. The lowest BCUT2D eigenvalue weighted by Crippen LogP contribution is -1.87. The molecule has 0 aliphatic heterocycles. The molecule has 0 unspecified atom stereocenters. The second-order valence-corrected chi connectivity index (χ2v) is 3.11. The average molecular weight is 244 g/mol. The lowest BCUT2D eigenvalue weighted by atomic mass is 10.1. The molecular weight excluding hydrogens is 233 g/mol. The van der Waals surface area contributed by atoms with E-state index in [1.54, 1.807) is 19.1 Å². The topological polar surface area (TPSA) is 23.8 Å². The van der Waals surface area contributed by atoms with Crippen LogP contribution < -0.4 is 0 Å². The van der Waals surface area contributed by atoms with Gasteiger partial charge in [-0.1, -0.05) is 29.8 Å². The van der Waals surface area contributed by atoms with Crippen molar-refractivity contribution in [3.63, 3.8) is 0 Å². The van der Waals surface area contributed by atoms with Gasteiger partial charge in [0.2, 0.25) is 0 Å². The van der Waals surface area contributed by atoms with Crippen molar-refractivity contribution in [2.45, 2.75) is 20.8 Å². The molecule has 70 valence electrons. The van der Waals surface area contributed by atoms with E-state index in [1.165, 1.54) is 6.07 Å². The van der Waals surface area contributed by atoms with Crippen LogP contribution in [0.1, 0.15) is 25.0 Å². The van der Waals surface area contributed by atoms with E-state index in [4.69, 9.17) is 5.26 Å². The molecule has 0 aliphatic carbocycles. The molecule has 13 heavy (non-hydrogen) atoms. The third-order valence-electron chi connectivity index (χ3n) is 1.34. The van der Waals surface area contributed by atoms with Gasteiger partial charge in [0.15, 0.2) is 0 Å². The maximum Gasteiger partial charge on any atom is 0.143 e. The Morgan fingerprint density at radius 2 is 1.92 bits per heavy atom. The van der Waals surface area contributed by atoms with Crippen LogP contribution in [-0.4, -0.2) is 0 Å². The summed E-state index contributed by atoms with van der Waals surface area (Å²) in [6, 6.07) is 4.87. The number of benzene rings is 1. The van der Waals surface area contributed by atoms with Crippen molar-refractivity contribution in [3.8, 4) is 6.07 Å². The minimum atomic E-state index is -0.435. The maximum atomic E-state index is 12.9. The summed E-state index contributed by atoms with van der Waals surface area (Å²) in [6.45, 7) is 5.63. The fraction of sp³-hybridized carbons (Fsp3) is 0.300. The predicted octanol–water partition coefficient (Wildman–Crippen LogP) is 3.79. The van der Waals surface area contributed by atoms with E-state index >= 15 is 0 Å². The van der Waals surface area contributed by atoms with Crippen LogP contribution in [-0.2, 0) is 0 Å². The van der Waals surface area contributed by atoms with Crippen LogP contribution in [0.15, 0.2) is 16.6 Å². The Bertz CT molecular complexity index is 328. The molecule has 0 radical (unpaired) electrons. The molecule has 0 aromatic heterocycles. The zero-order valence-electron chi connectivity index (χ0n) is 7.86. The maximum absolute atomic E-state index is 12.9. The molecule has 0 aliphatic rings. The Morgan fingerprint density at radius 3 is 2.38 bits per heavy atom. The Labute approximate surface area is 86.3 Å². The number of hydrogen-bond acceptors (Lipinski definition) is 1. The fourth-order valence-corrected chi connectivity index (χ4v) is 1.38. The summed E-state index contributed by atoms with van der Waals surface area (Å²) in [5, 5.41) is 8.46. The van der Waals surface area contributed by atoms with Gasteiger partial charge in [0.25, 0.3) is 0 Å². The number of halogens is 2. The molecule has 0 bridgehead atoms. The van der Waals surface area contributed by atoms with Crippen molar-refractivity contribution in [3.05, 3.63) is 33.5 Å². The molecule has 0 amide bonds. The van der Waals surface area contributed by atoms with E-state index < -0.39 is 5.82 Å². The Hall–Kier alpha value is -0.880. The van der Waals surface area contributed by atoms with E-state index in [2.05, 4.69) is 15.9 Å². The number of nitrogens with zero attached hydrogens (tertiary/aromatic N) is 1. The normalized spacial score (nSPS) is 8.31. The molecule has 3 heteroatoms. The number of hydrogen-bond donors (Lipinski definition) is 0. The first-order valence-corrected chi connectivity index (χ1v) is 4.80. The lowest BCUT2D eigenvalue weighted by molar-refractivity contribution is 0.614. The molecule has 1 nitrogen and oxygen atoms in total. The minimum absolute atomic E-state index is 0.0804. The smallest absolute Gasteiger partial charge is 0.143 e. The molecule has 1 aromatic carbocycles. The van der Waals surface area contributed by atoms with Crippen molar-refractivity contribution in [1.29, 1.82) is 5.26 Å². The van der Waals surface area contributed by atoms with Gasteiger partial charge in [-0.15, -0.1) is 0 Å². The summed E-state index contributed by atoms with van der Waals surface area (Å²) >= 11 is 3.17. The number of nitriles is 1. The Balaban J connectivity index is 0.000000671. The summed E-state index contributed by atoms with van der Waals surface area (Å²) in [5.41, 5.74) is 0.563. The van der Waals surface area contributed by atoms with Crippen molar-refractivity contribution in [1.82, 2.24) is 0 Å². The quantitative estimate of drug-likeness (QED) is 0.681. The minimum Gasteiger partial charge on any atom is -0.205 e. The van der Waals surface area contributed by atoms with Gasteiger partial charge in [-0.25, -0.2) is 4.39 Å². The SMILES string of the molecule is CC.Cc1cc(Br)cc(C#N)c1F.